The number of nitrogens with zero attached hydrogens (tertiary/aromatic N) is 1. The van der Waals surface area contributed by atoms with Crippen molar-refractivity contribution in [3.8, 4) is 5.75 Å². The largest absolute Gasteiger partial charge is 0.496 e. The van der Waals surface area contributed by atoms with Crippen molar-refractivity contribution >= 4 is 44.6 Å². The predicted octanol–water partition coefficient (Wildman–Crippen LogP) is 5.39. The molecule has 0 saturated carbocycles. The van der Waals surface area contributed by atoms with E-state index in [0.717, 1.165) is 38.0 Å². The third kappa shape index (κ3) is 5.46. The number of para-hydroxylation sites is 1. The van der Waals surface area contributed by atoms with Crippen LogP contribution < -0.4 is 19.7 Å². The van der Waals surface area contributed by atoms with Crippen molar-refractivity contribution < 1.29 is 17.9 Å². The quantitative estimate of drug-likeness (QED) is 0.455. The highest BCUT2D eigenvalue weighted by molar-refractivity contribution is 7.92. The topological polar surface area (TPSA) is 87.7 Å². The molecule has 0 atom stereocenters. The van der Waals surface area contributed by atoms with Gasteiger partial charge in [0, 0.05) is 23.8 Å². The number of hydrogen-bond acceptors (Lipinski definition) is 5. The Balaban J connectivity index is 1.69. The number of nitrogens with one attached hydrogen (secondary N) is 2. The Bertz CT molecular complexity index is 1270. The molecule has 1 heterocycles. The molecule has 178 valence electrons. The van der Waals surface area contributed by atoms with Crippen LogP contribution in [0.4, 0.5) is 17.1 Å². The summed E-state index contributed by atoms with van der Waals surface area (Å²) in [6.45, 7) is 1.68. The molecular weight excluding hydrogens is 474 g/mol. The highest BCUT2D eigenvalue weighted by Gasteiger charge is 2.22. The van der Waals surface area contributed by atoms with Crippen molar-refractivity contribution in [2.45, 2.75) is 24.2 Å². The standard InChI is InChI=1S/C25H26ClN3O4S/c1-33-24-8-4-3-7-21(24)25(30)27-22-17-20(13-14-23(22)29-15-5-2-6-16-29)34(31,32)28-19-11-9-18(26)10-12-19/h3-4,7-14,17,28H,2,5-6,15-16H2,1H3,(H,27,30). The van der Waals surface area contributed by atoms with E-state index in [1.54, 1.807) is 60.7 Å². The van der Waals surface area contributed by atoms with Crippen LogP contribution in [0.3, 0.4) is 0 Å². The van der Waals surface area contributed by atoms with Crippen LogP contribution in [0.5, 0.6) is 5.75 Å². The van der Waals surface area contributed by atoms with Crippen molar-refractivity contribution in [1.82, 2.24) is 0 Å². The summed E-state index contributed by atoms with van der Waals surface area (Å²) in [5.74, 6) is 0.0589. The number of ether oxygens (including phenoxy) is 1. The van der Waals surface area contributed by atoms with Gasteiger partial charge in [-0.2, -0.15) is 0 Å². The number of hydrogen-bond donors (Lipinski definition) is 2. The minimum absolute atomic E-state index is 0.0403. The van der Waals surface area contributed by atoms with Gasteiger partial charge in [-0.15, -0.1) is 0 Å². The first-order valence-electron chi connectivity index (χ1n) is 11.0. The summed E-state index contributed by atoms with van der Waals surface area (Å²) in [5.41, 5.74) is 1.97. The van der Waals surface area contributed by atoms with Gasteiger partial charge < -0.3 is 15.0 Å². The summed E-state index contributed by atoms with van der Waals surface area (Å²) in [6, 6.07) is 18.1. The molecule has 0 aliphatic carbocycles. The highest BCUT2D eigenvalue weighted by atomic mass is 35.5. The molecule has 7 nitrogen and oxygen atoms in total. The van der Waals surface area contributed by atoms with Crippen LogP contribution in [0, 0.1) is 0 Å². The molecule has 1 fully saturated rings. The number of anilines is 3. The maximum absolute atomic E-state index is 13.1. The van der Waals surface area contributed by atoms with E-state index >= 15 is 0 Å². The first-order valence-corrected chi connectivity index (χ1v) is 12.9. The average molecular weight is 500 g/mol. The van der Waals surface area contributed by atoms with Crippen molar-refractivity contribution in [2.24, 2.45) is 0 Å². The Kier molecular flexibility index (Phi) is 7.29. The average Bonchev–Trinajstić information content (AvgIpc) is 2.85. The van der Waals surface area contributed by atoms with Crippen molar-refractivity contribution in [3.63, 3.8) is 0 Å². The molecule has 2 N–H and O–H groups in total. The zero-order valence-corrected chi connectivity index (χ0v) is 20.3. The molecule has 3 aromatic carbocycles. The van der Waals surface area contributed by atoms with Crippen LogP contribution >= 0.6 is 11.6 Å². The van der Waals surface area contributed by atoms with E-state index in [0.29, 0.717) is 27.7 Å². The summed E-state index contributed by atoms with van der Waals surface area (Å²) >= 11 is 5.90. The number of halogens is 1. The third-order valence-corrected chi connectivity index (χ3v) is 7.30. The van der Waals surface area contributed by atoms with E-state index in [-0.39, 0.29) is 10.8 Å². The molecule has 9 heteroatoms. The lowest BCUT2D eigenvalue weighted by Crippen LogP contribution is -2.30. The van der Waals surface area contributed by atoms with Gasteiger partial charge in [-0.1, -0.05) is 23.7 Å². The van der Waals surface area contributed by atoms with Gasteiger partial charge in [-0.25, -0.2) is 8.42 Å². The lowest BCUT2D eigenvalue weighted by molar-refractivity contribution is 0.102. The molecule has 0 bridgehead atoms. The molecule has 34 heavy (non-hydrogen) atoms. The second-order valence-electron chi connectivity index (χ2n) is 7.99. The Morgan fingerprint density at radius 1 is 0.971 bits per heavy atom. The molecule has 1 saturated heterocycles. The second kappa shape index (κ2) is 10.4. The number of sulfonamides is 1. The molecule has 3 aromatic rings. The van der Waals surface area contributed by atoms with Crippen LogP contribution in [0.25, 0.3) is 0 Å². The fraction of sp³-hybridized carbons (Fsp3) is 0.240. The van der Waals surface area contributed by atoms with Gasteiger partial charge in [0.05, 0.1) is 28.9 Å². The number of amides is 1. The van der Waals surface area contributed by atoms with Crippen molar-refractivity contribution in [3.05, 3.63) is 77.3 Å². The van der Waals surface area contributed by atoms with Gasteiger partial charge in [-0.3, -0.25) is 9.52 Å². The first-order chi connectivity index (χ1) is 16.4. The predicted molar refractivity (Wildman–Crippen MR) is 136 cm³/mol. The van der Waals surface area contributed by atoms with Crippen LogP contribution in [0.1, 0.15) is 29.6 Å². The number of piperidine rings is 1. The number of methoxy groups -OCH3 is 1. The summed E-state index contributed by atoms with van der Waals surface area (Å²) in [4.78, 5) is 15.3. The van der Waals surface area contributed by atoms with Crippen molar-refractivity contribution in [2.75, 3.05) is 35.1 Å². The summed E-state index contributed by atoms with van der Waals surface area (Å²) in [5, 5.41) is 3.42. The summed E-state index contributed by atoms with van der Waals surface area (Å²) in [6.07, 6.45) is 3.23. The molecule has 1 aliphatic rings. The number of benzene rings is 3. The normalized spacial score (nSPS) is 13.9. The number of carbonyl (C=O) groups excluding carboxylic acids is 1. The minimum atomic E-state index is -3.90. The Morgan fingerprint density at radius 2 is 1.68 bits per heavy atom. The van der Waals surface area contributed by atoms with E-state index in [1.165, 1.54) is 13.2 Å². The summed E-state index contributed by atoms with van der Waals surface area (Å²) < 4.78 is 34.1. The van der Waals surface area contributed by atoms with Crippen molar-refractivity contribution in [1.29, 1.82) is 0 Å². The van der Waals surface area contributed by atoms with Gasteiger partial charge in [0.1, 0.15) is 5.75 Å². The fourth-order valence-corrected chi connectivity index (χ4v) is 5.16. The second-order valence-corrected chi connectivity index (χ2v) is 10.1. The summed E-state index contributed by atoms with van der Waals surface area (Å²) in [7, 11) is -2.40. The molecule has 0 radical (unpaired) electrons. The van der Waals surface area contributed by atoms with Gasteiger partial charge in [0.15, 0.2) is 0 Å². The zero-order chi connectivity index (χ0) is 24.1. The SMILES string of the molecule is COc1ccccc1C(=O)Nc1cc(S(=O)(=O)Nc2ccc(Cl)cc2)ccc1N1CCCCC1. The van der Waals surface area contributed by atoms with E-state index in [9.17, 15) is 13.2 Å². The van der Waals surface area contributed by atoms with Gasteiger partial charge in [0.2, 0.25) is 0 Å². The molecule has 0 aromatic heterocycles. The lowest BCUT2D eigenvalue weighted by Gasteiger charge is -2.31. The maximum atomic E-state index is 13.1. The fourth-order valence-electron chi connectivity index (χ4n) is 3.95. The molecule has 0 spiro atoms. The lowest BCUT2D eigenvalue weighted by atomic mass is 10.1. The molecular formula is C25H26ClN3O4S. The van der Waals surface area contributed by atoms with E-state index in [1.807, 2.05) is 0 Å². The molecule has 1 amide bonds. The zero-order valence-electron chi connectivity index (χ0n) is 18.8. The Labute approximate surface area is 204 Å². The van der Waals surface area contributed by atoms with Gasteiger partial charge in [0.25, 0.3) is 15.9 Å². The maximum Gasteiger partial charge on any atom is 0.261 e. The van der Waals surface area contributed by atoms with Gasteiger partial charge >= 0.3 is 0 Å². The smallest absolute Gasteiger partial charge is 0.261 e. The first kappa shape index (κ1) is 23.9. The van der Waals surface area contributed by atoms with Gasteiger partial charge in [-0.05, 0) is 73.9 Å². The monoisotopic (exact) mass is 499 g/mol. The van der Waals surface area contributed by atoms with Crippen LogP contribution in [-0.4, -0.2) is 34.5 Å². The minimum Gasteiger partial charge on any atom is -0.496 e. The third-order valence-electron chi connectivity index (χ3n) is 5.67. The highest BCUT2D eigenvalue weighted by Crippen LogP contribution is 2.33. The molecule has 4 rings (SSSR count). The van der Waals surface area contributed by atoms with Crippen LogP contribution in [0.15, 0.2) is 71.6 Å². The molecule has 1 aliphatic heterocycles. The number of rotatable bonds is 7. The number of carbonyl (C=O) groups is 1. The van der Waals surface area contributed by atoms with E-state index in [2.05, 4.69) is 14.9 Å². The Morgan fingerprint density at radius 3 is 2.38 bits per heavy atom. The van der Waals surface area contributed by atoms with Crippen LogP contribution in [-0.2, 0) is 10.0 Å². The van der Waals surface area contributed by atoms with E-state index < -0.39 is 10.0 Å². The Hall–Kier alpha value is -3.23. The molecule has 0 unspecified atom stereocenters. The van der Waals surface area contributed by atoms with E-state index in [4.69, 9.17) is 16.3 Å². The van der Waals surface area contributed by atoms with Crippen LogP contribution in [0.2, 0.25) is 5.02 Å².